The smallest absolute Gasteiger partial charge is 0.0470 e. The van der Waals surface area contributed by atoms with Gasteiger partial charge in [0.15, 0.2) is 0 Å². The Bertz CT molecular complexity index is 56.6. The standard InChI is InChI=1S/C6H15Si.2ClH/c1-6(2,3)7(4)5;;/h1-5H3;2*1H/p-2. The van der Waals surface area contributed by atoms with E-state index in [9.17, 15) is 0 Å². The first kappa shape index (κ1) is 16.4. The van der Waals surface area contributed by atoms with Crippen LogP contribution < -0.4 is 24.8 Å². The zero-order valence-corrected chi connectivity index (χ0v) is 9.27. The molecule has 0 aromatic carbocycles. The molecular formula is C6H15Cl2Si-2. The van der Waals surface area contributed by atoms with Gasteiger partial charge in [0.25, 0.3) is 0 Å². The van der Waals surface area contributed by atoms with Crippen molar-refractivity contribution in [2.24, 2.45) is 0 Å². The SMILES string of the molecule is C[Si](C)C(C)(C)C.[Cl-].[Cl-]. The Balaban J connectivity index is -0.000000180. The zero-order valence-electron chi connectivity index (χ0n) is 6.76. The first-order valence-corrected chi connectivity index (χ1v) is 5.25. The van der Waals surface area contributed by atoms with Crippen LogP contribution in [0.3, 0.4) is 0 Å². The Morgan fingerprint density at radius 1 is 0.889 bits per heavy atom. The zero-order chi connectivity index (χ0) is 6.08. The second-order valence-electron chi connectivity index (χ2n) is 3.25. The van der Waals surface area contributed by atoms with Crippen molar-refractivity contribution in [3.05, 3.63) is 0 Å². The van der Waals surface area contributed by atoms with Crippen LogP contribution in [0.25, 0.3) is 0 Å². The molecule has 3 heteroatoms. The fourth-order valence-electron chi connectivity index (χ4n) is 0. The van der Waals surface area contributed by atoms with Gasteiger partial charge in [-0.3, -0.25) is 0 Å². The minimum atomic E-state index is -0.0502. The largest absolute Gasteiger partial charge is 1.00 e. The number of hydrogen-bond acceptors (Lipinski definition) is 0. The molecule has 0 aliphatic carbocycles. The average molecular weight is 186 g/mol. The van der Waals surface area contributed by atoms with Crippen molar-refractivity contribution < 1.29 is 24.8 Å². The fourth-order valence-corrected chi connectivity index (χ4v) is 0. The Kier molecular flexibility index (Phi) is 10.2. The highest BCUT2D eigenvalue weighted by Crippen LogP contribution is 2.25. The Labute approximate surface area is 72.8 Å². The molecule has 0 saturated heterocycles. The third kappa shape index (κ3) is 8.80. The van der Waals surface area contributed by atoms with Crippen LogP contribution in [0.5, 0.6) is 0 Å². The van der Waals surface area contributed by atoms with Gasteiger partial charge in [-0.25, -0.2) is 0 Å². The van der Waals surface area contributed by atoms with E-state index in [4.69, 9.17) is 0 Å². The van der Waals surface area contributed by atoms with Gasteiger partial charge in [-0.2, -0.15) is 0 Å². The van der Waals surface area contributed by atoms with Gasteiger partial charge in [-0.15, -0.1) is 0 Å². The molecule has 0 amide bonds. The number of hydrogen-bond donors (Lipinski definition) is 0. The normalized spacial score (nSPS) is 10.0. The fraction of sp³-hybridized carbons (Fsp3) is 1.00. The second-order valence-corrected chi connectivity index (χ2v) is 6.75. The molecule has 9 heavy (non-hydrogen) atoms. The van der Waals surface area contributed by atoms with Gasteiger partial charge < -0.3 is 24.8 Å². The minimum Gasteiger partial charge on any atom is -1.00 e. The minimum absolute atomic E-state index is 0. The highest BCUT2D eigenvalue weighted by Gasteiger charge is 2.15. The van der Waals surface area contributed by atoms with Crippen LogP contribution in [0.2, 0.25) is 18.1 Å². The van der Waals surface area contributed by atoms with E-state index in [0.29, 0.717) is 5.04 Å². The summed E-state index contributed by atoms with van der Waals surface area (Å²) in [6.07, 6.45) is 0. The quantitative estimate of drug-likeness (QED) is 0.345. The summed E-state index contributed by atoms with van der Waals surface area (Å²) in [6, 6.07) is 0. The molecule has 0 N–H and O–H groups in total. The lowest BCUT2D eigenvalue weighted by Crippen LogP contribution is -3.00. The highest BCUT2D eigenvalue weighted by atomic mass is 35.5. The van der Waals surface area contributed by atoms with Crippen LogP contribution in [0.15, 0.2) is 0 Å². The third-order valence-corrected chi connectivity index (χ3v) is 4.50. The first-order chi connectivity index (χ1) is 2.94. The monoisotopic (exact) mass is 185 g/mol. The van der Waals surface area contributed by atoms with E-state index < -0.39 is 0 Å². The summed E-state index contributed by atoms with van der Waals surface area (Å²) >= 11 is 0. The Hall–Kier alpha value is 0.797. The molecule has 0 nitrogen and oxygen atoms in total. The van der Waals surface area contributed by atoms with Crippen molar-refractivity contribution in [1.29, 1.82) is 0 Å². The molecule has 0 fully saturated rings. The van der Waals surface area contributed by atoms with Gasteiger partial charge in [-0.05, 0) is 5.04 Å². The highest BCUT2D eigenvalue weighted by molar-refractivity contribution is 6.59. The van der Waals surface area contributed by atoms with Crippen molar-refractivity contribution in [3.63, 3.8) is 0 Å². The van der Waals surface area contributed by atoms with Crippen molar-refractivity contribution >= 4 is 8.80 Å². The van der Waals surface area contributed by atoms with Crippen molar-refractivity contribution in [1.82, 2.24) is 0 Å². The molecule has 0 rings (SSSR count). The summed E-state index contributed by atoms with van der Waals surface area (Å²) in [5, 5.41) is 0.602. The molecule has 0 unspecified atom stereocenters. The molecule has 0 saturated carbocycles. The van der Waals surface area contributed by atoms with E-state index in [1.807, 2.05) is 0 Å². The van der Waals surface area contributed by atoms with Crippen LogP contribution in [0, 0.1) is 0 Å². The Morgan fingerprint density at radius 2 is 1.00 bits per heavy atom. The number of halogens is 2. The summed E-state index contributed by atoms with van der Waals surface area (Å²) in [6.45, 7) is 11.6. The molecule has 0 aromatic heterocycles. The van der Waals surface area contributed by atoms with Crippen LogP contribution in [0.4, 0.5) is 0 Å². The van der Waals surface area contributed by atoms with Crippen LogP contribution in [0.1, 0.15) is 20.8 Å². The summed E-state index contributed by atoms with van der Waals surface area (Å²) in [4.78, 5) is 0. The lowest BCUT2D eigenvalue weighted by molar-refractivity contribution is -0.001000. The summed E-state index contributed by atoms with van der Waals surface area (Å²) in [7, 11) is -0.0502. The molecule has 1 radical (unpaired) electrons. The van der Waals surface area contributed by atoms with Crippen molar-refractivity contribution in [3.8, 4) is 0 Å². The van der Waals surface area contributed by atoms with E-state index in [1.165, 1.54) is 0 Å². The van der Waals surface area contributed by atoms with Crippen LogP contribution in [-0.2, 0) is 0 Å². The molecule has 0 atom stereocenters. The van der Waals surface area contributed by atoms with Crippen molar-refractivity contribution in [2.45, 2.75) is 38.9 Å². The topological polar surface area (TPSA) is 0 Å². The van der Waals surface area contributed by atoms with Crippen LogP contribution >= 0.6 is 0 Å². The van der Waals surface area contributed by atoms with E-state index in [-0.39, 0.29) is 33.6 Å². The molecule has 0 spiro atoms. The molecular weight excluding hydrogens is 171 g/mol. The summed E-state index contributed by atoms with van der Waals surface area (Å²) < 4.78 is 0. The Morgan fingerprint density at radius 3 is 1.00 bits per heavy atom. The predicted octanol–water partition coefficient (Wildman–Crippen LogP) is -3.45. The van der Waals surface area contributed by atoms with E-state index in [0.717, 1.165) is 0 Å². The lowest BCUT2D eigenvalue weighted by Gasteiger charge is -2.20. The summed E-state index contributed by atoms with van der Waals surface area (Å²) in [5.74, 6) is 0. The maximum absolute atomic E-state index is 2.35. The average Bonchev–Trinajstić information content (AvgIpc) is 1.31. The maximum Gasteiger partial charge on any atom is 0.0470 e. The summed E-state index contributed by atoms with van der Waals surface area (Å²) in [5.41, 5.74) is 0. The molecule has 0 aliphatic heterocycles. The first-order valence-electron chi connectivity index (χ1n) is 2.75. The molecule has 0 aromatic rings. The maximum atomic E-state index is 2.35. The third-order valence-electron chi connectivity index (χ3n) is 1.50. The van der Waals surface area contributed by atoms with E-state index in [1.54, 1.807) is 0 Å². The van der Waals surface area contributed by atoms with E-state index in [2.05, 4.69) is 33.9 Å². The van der Waals surface area contributed by atoms with Gasteiger partial charge in [0.2, 0.25) is 0 Å². The van der Waals surface area contributed by atoms with Gasteiger partial charge in [0, 0.05) is 8.80 Å². The van der Waals surface area contributed by atoms with Crippen molar-refractivity contribution in [2.75, 3.05) is 0 Å². The predicted molar refractivity (Wildman–Crippen MR) is 37.2 cm³/mol. The van der Waals surface area contributed by atoms with Gasteiger partial charge >= 0.3 is 0 Å². The van der Waals surface area contributed by atoms with Gasteiger partial charge in [0.05, 0.1) is 0 Å². The molecule has 0 bridgehead atoms. The molecule has 0 aliphatic rings. The van der Waals surface area contributed by atoms with Crippen LogP contribution in [-0.4, -0.2) is 8.80 Å². The van der Waals surface area contributed by atoms with Gasteiger partial charge in [-0.1, -0.05) is 33.9 Å². The van der Waals surface area contributed by atoms with E-state index >= 15 is 0 Å². The van der Waals surface area contributed by atoms with Gasteiger partial charge in [0.1, 0.15) is 0 Å². The lowest BCUT2D eigenvalue weighted by atomic mass is 10.2. The second kappa shape index (κ2) is 5.57. The molecule has 0 heterocycles. The molecule has 59 valence electrons. The number of rotatable bonds is 0.